The van der Waals surface area contributed by atoms with E-state index in [1.165, 1.54) is 13.0 Å². The first-order valence-electron chi connectivity index (χ1n) is 9.32. The minimum Gasteiger partial charge on any atom is -0.365 e. The van der Waals surface area contributed by atoms with Crippen LogP contribution in [0.3, 0.4) is 0 Å². The fourth-order valence-electron chi connectivity index (χ4n) is 3.30. The number of nitro groups is 1. The number of halogens is 5. The van der Waals surface area contributed by atoms with Crippen molar-refractivity contribution in [1.82, 2.24) is 9.97 Å². The number of hydrogen-bond donors (Lipinski definition) is 0. The lowest BCUT2D eigenvalue weighted by molar-refractivity contribution is -0.385. The Kier molecular flexibility index (Phi) is 6.71. The molecule has 0 bridgehead atoms. The van der Waals surface area contributed by atoms with Crippen molar-refractivity contribution < 1.29 is 40.0 Å². The number of ether oxygens (including phenoxy) is 1. The summed E-state index contributed by atoms with van der Waals surface area (Å²) in [5.74, 6) is -3.60. The van der Waals surface area contributed by atoms with Gasteiger partial charge in [0.15, 0.2) is 11.8 Å². The van der Waals surface area contributed by atoms with Gasteiger partial charge < -0.3 is 9.64 Å². The van der Waals surface area contributed by atoms with E-state index in [1.807, 2.05) is 0 Å². The molecular weight excluding hydrogens is 493 g/mol. The van der Waals surface area contributed by atoms with Crippen LogP contribution in [0, 0.1) is 40.0 Å². The number of benzene rings is 1. The molecule has 1 fully saturated rings. The minimum atomic E-state index is -5.03. The number of rotatable bonds is 5. The number of sulfone groups is 1. The molecule has 1 aliphatic heterocycles. The van der Waals surface area contributed by atoms with Gasteiger partial charge in [-0.2, -0.15) is 18.4 Å². The van der Waals surface area contributed by atoms with Crippen LogP contribution < -0.4 is 4.90 Å². The predicted molar refractivity (Wildman–Crippen MR) is 103 cm³/mol. The third kappa shape index (κ3) is 4.75. The molecule has 0 aliphatic carbocycles. The van der Waals surface area contributed by atoms with Crippen molar-refractivity contribution in [2.45, 2.75) is 29.3 Å². The second kappa shape index (κ2) is 9.06. The SMILES string of the molecule is Cc1nc(C(C#N)S(=O)(=O)c2ccc(F)cc2F)c([N+](=O)[O-])c(N2CCO[C@H](C(F)(F)F)C2)n1. The zero-order valence-electron chi connectivity index (χ0n) is 17.1. The molecule has 1 aliphatic rings. The molecular formula is C18H14F5N5O5S. The van der Waals surface area contributed by atoms with Gasteiger partial charge in [0.1, 0.15) is 22.4 Å². The van der Waals surface area contributed by atoms with E-state index >= 15 is 0 Å². The van der Waals surface area contributed by atoms with Gasteiger partial charge in [-0.3, -0.25) is 10.1 Å². The molecule has 1 saturated heterocycles. The highest BCUT2D eigenvalue weighted by molar-refractivity contribution is 7.92. The topological polar surface area (TPSA) is 139 Å². The fourth-order valence-corrected chi connectivity index (χ4v) is 4.74. The molecule has 10 nitrogen and oxygen atoms in total. The maximum Gasteiger partial charge on any atom is 0.416 e. The van der Waals surface area contributed by atoms with E-state index < -0.39 is 79.2 Å². The Hall–Kier alpha value is -3.45. The molecule has 2 atom stereocenters. The van der Waals surface area contributed by atoms with Crippen LogP contribution in [-0.4, -0.2) is 55.3 Å². The number of aromatic nitrogens is 2. The van der Waals surface area contributed by atoms with E-state index in [1.54, 1.807) is 0 Å². The Morgan fingerprint density at radius 2 is 2.00 bits per heavy atom. The zero-order chi connectivity index (χ0) is 25.4. The lowest BCUT2D eigenvalue weighted by Crippen LogP contribution is -2.49. The Balaban J connectivity index is 2.19. The lowest BCUT2D eigenvalue weighted by Gasteiger charge is -2.34. The second-order valence-corrected chi connectivity index (χ2v) is 9.06. The molecule has 0 saturated carbocycles. The van der Waals surface area contributed by atoms with Gasteiger partial charge >= 0.3 is 11.9 Å². The molecule has 2 aromatic rings. The molecule has 1 aromatic carbocycles. The van der Waals surface area contributed by atoms with Crippen LogP contribution in [0.25, 0.3) is 0 Å². The normalized spacial score (nSPS) is 17.8. The van der Waals surface area contributed by atoms with E-state index in [2.05, 4.69) is 14.7 Å². The van der Waals surface area contributed by atoms with E-state index in [-0.39, 0.29) is 18.4 Å². The van der Waals surface area contributed by atoms with Crippen LogP contribution in [0.5, 0.6) is 0 Å². The van der Waals surface area contributed by atoms with E-state index in [9.17, 15) is 45.7 Å². The van der Waals surface area contributed by atoms with E-state index in [4.69, 9.17) is 0 Å². The second-order valence-electron chi connectivity index (χ2n) is 7.06. The van der Waals surface area contributed by atoms with Gasteiger partial charge in [-0.05, 0) is 19.1 Å². The van der Waals surface area contributed by atoms with Crippen molar-refractivity contribution in [3.63, 3.8) is 0 Å². The van der Waals surface area contributed by atoms with Gasteiger partial charge in [-0.1, -0.05) is 0 Å². The zero-order valence-corrected chi connectivity index (χ0v) is 17.9. The largest absolute Gasteiger partial charge is 0.416 e. The summed E-state index contributed by atoms with van der Waals surface area (Å²) in [7, 11) is -5.03. The van der Waals surface area contributed by atoms with Crippen molar-refractivity contribution in [3.05, 3.63) is 51.5 Å². The number of aryl methyl sites for hydroxylation is 1. The molecule has 3 rings (SSSR count). The third-order valence-electron chi connectivity index (χ3n) is 4.79. The maximum atomic E-state index is 14.2. The van der Waals surface area contributed by atoms with E-state index in [0.717, 1.165) is 4.90 Å². The minimum absolute atomic E-state index is 0.247. The number of morpholine rings is 1. The van der Waals surface area contributed by atoms with Crippen molar-refractivity contribution in [2.24, 2.45) is 0 Å². The quantitative estimate of drug-likeness (QED) is 0.259. The molecule has 34 heavy (non-hydrogen) atoms. The van der Waals surface area contributed by atoms with Gasteiger partial charge in [-0.15, -0.1) is 0 Å². The number of nitrogens with zero attached hydrogens (tertiary/aromatic N) is 5. The molecule has 1 unspecified atom stereocenters. The van der Waals surface area contributed by atoms with Gasteiger partial charge in [0, 0.05) is 12.6 Å². The smallest absolute Gasteiger partial charge is 0.365 e. The fraction of sp³-hybridized carbons (Fsp3) is 0.389. The van der Waals surface area contributed by atoms with Gasteiger partial charge in [0.2, 0.25) is 20.9 Å². The average Bonchev–Trinajstić information content (AvgIpc) is 2.72. The summed E-state index contributed by atoms with van der Waals surface area (Å²) in [6.45, 7) is -0.449. The van der Waals surface area contributed by atoms with Crippen LogP contribution >= 0.6 is 0 Å². The summed E-state index contributed by atoms with van der Waals surface area (Å²) in [5.41, 5.74) is -2.10. The molecule has 0 N–H and O–H groups in total. The van der Waals surface area contributed by atoms with Crippen molar-refractivity contribution in [1.29, 1.82) is 5.26 Å². The van der Waals surface area contributed by atoms with Crippen molar-refractivity contribution in [2.75, 3.05) is 24.6 Å². The van der Waals surface area contributed by atoms with Crippen LogP contribution in [0.2, 0.25) is 0 Å². The van der Waals surface area contributed by atoms with E-state index in [0.29, 0.717) is 12.1 Å². The van der Waals surface area contributed by atoms with Crippen LogP contribution in [0.1, 0.15) is 16.8 Å². The number of nitriles is 1. The first kappa shape index (κ1) is 25.2. The number of anilines is 1. The lowest BCUT2D eigenvalue weighted by atomic mass is 10.2. The Bertz CT molecular complexity index is 1280. The summed E-state index contributed by atoms with van der Waals surface area (Å²) in [5, 5.41) is 19.0. The highest BCUT2D eigenvalue weighted by Crippen LogP contribution is 2.39. The van der Waals surface area contributed by atoms with Gasteiger partial charge in [-0.25, -0.2) is 27.2 Å². The summed E-state index contributed by atoms with van der Waals surface area (Å²) in [6.07, 6.45) is -7.10. The Morgan fingerprint density at radius 3 is 2.56 bits per heavy atom. The average molecular weight is 507 g/mol. The van der Waals surface area contributed by atoms with Gasteiger partial charge in [0.05, 0.1) is 24.1 Å². The highest BCUT2D eigenvalue weighted by atomic mass is 32.2. The number of alkyl halides is 3. The predicted octanol–water partition coefficient (Wildman–Crippen LogP) is 2.78. The van der Waals surface area contributed by atoms with Crippen LogP contribution in [0.4, 0.5) is 33.5 Å². The first-order chi connectivity index (χ1) is 15.8. The monoisotopic (exact) mass is 507 g/mol. The maximum absolute atomic E-state index is 14.2. The first-order valence-corrected chi connectivity index (χ1v) is 10.9. The summed E-state index contributed by atoms with van der Waals surface area (Å²) < 4.78 is 97.5. The van der Waals surface area contributed by atoms with Crippen LogP contribution in [-0.2, 0) is 14.6 Å². The molecule has 2 heterocycles. The van der Waals surface area contributed by atoms with Crippen molar-refractivity contribution in [3.8, 4) is 6.07 Å². The molecule has 16 heteroatoms. The Labute approximate surface area is 188 Å². The van der Waals surface area contributed by atoms with Crippen molar-refractivity contribution >= 4 is 21.3 Å². The molecule has 0 amide bonds. The summed E-state index contributed by atoms with van der Waals surface area (Å²) >= 11 is 0. The highest BCUT2D eigenvalue weighted by Gasteiger charge is 2.46. The Morgan fingerprint density at radius 1 is 1.32 bits per heavy atom. The molecule has 0 radical (unpaired) electrons. The van der Waals surface area contributed by atoms with Crippen LogP contribution in [0.15, 0.2) is 23.1 Å². The molecule has 1 aromatic heterocycles. The molecule has 182 valence electrons. The molecule has 0 spiro atoms. The standard InChI is InChI=1S/C18H14F5N5O5S/c1-9-25-15(13(7-24)34(31,32)12-3-2-10(19)6-11(12)20)16(28(29)30)17(26-9)27-4-5-33-14(8-27)18(21,22)23/h2-3,6,13-14H,4-5,8H2,1H3/t13?,14-/m0/s1. The summed E-state index contributed by atoms with van der Waals surface area (Å²) in [4.78, 5) is 18.0. The third-order valence-corrected chi connectivity index (χ3v) is 6.69. The number of hydrogen-bond acceptors (Lipinski definition) is 9. The summed E-state index contributed by atoms with van der Waals surface area (Å²) in [6, 6.07) is 2.72. The van der Waals surface area contributed by atoms with Gasteiger partial charge in [0.25, 0.3) is 0 Å².